The van der Waals surface area contributed by atoms with Crippen molar-refractivity contribution in [3.63, 3.8) is 0 Å². The summed E-state index contributed by atoms with van der Waals surface area (Å²) in [7, 11) is 0. The fourth-order valence-corrected chi connectivity index (χ4v) is 5.53. The van der Waals surface area contributed by atoms with Crippen LogP contribution in [0.5, 0.6) is 0 Å². The lowest BCUT2D eigenvalue weighted by molar-refractivity contribution is 0.0697. The van der Waals surface area contributed by atoms with Crippen LogP contribution in [0, 0.1) is 0 Å². The van der Waals surface area contributed by atoms with Crippen molar-refractivity contribution in [3.8, 4) is 9.88 Å². The number of thiophene rings is 1. The monoisotopic (exact) mass is 437 g/mol. The lowest BCUT2D eigenvalue weighted by Crippen LogP contribution is -2.46. The lowest BCUT2D eigenvalue weighted by atomic mass is 10.0. The number of carbonyl (C=O) groups is 2. The van der Waals surface area contributed by atoms with Crippen molar-refractivity contribution >= 4 is 44.7 Å². The van der Waals surface area contributed by atoms with E-state index in [0.29, 0.717) is 23.5 Å². The first-order chi connectivity index (χ1) is 14.7. The van der Waals surface area contributed by atoms with Crippen LogP contribution in [0.4, 0.5) is 0 Å². The highest BCUT2D eigenvalue weighted by Crippen LogP contribution is 2.34. The van der Waals surface area contributed by atoms with Gasteiger partial charge in [-0.1, -0.05) is 12.1 Å². The Bertz CT molecular complexity index is 1150. The molecule has 3 aromatic heterocycles. The van der Waals surface area contributed by atoms with Gasteiger partial charge in [0.05, 0.1) is 31.8 Å². The predicted molar refractivity (Wildman–Crippen MR) is 118 cm³/mol. The van der Waals surface area contributed by atoms with Crippen molar-refractivity contribution in [1.82, 2.24) is 15.2 Å². The van der Waals surface area contributed by atoms with E-state index in [2.05, 4.69) is 16.4 Å². The Hall–Kier alpha value is -2.97. The third kappa shape index (κ3) is 3.76. The van der Waals surface area contributed by atoms with Gasteiger partial charge in [0.15, 0.2) is 0 Å². The number of rotatable bonds is 4. The van der Waals surface area contributed by atoms with E-state index in [9.17, 15) is 9.59 Å². The molecule has 1 aromatic carbocycles. The normalized spacial score (nSPS) is 14.9. The smallest absolute Gasteiger partial charge is 0.261 e. The largest absolute Gasteiger partial charge is 0.472 e. The fraction of sp³-hybridized carbons (Fsp3) is 0.227. The lowest BCUT2D eigenvalue weighted by Gasteiger charge is -2.32. The number of aromatic nitrogens is 1. The zero-order valence-corrected chi connectivity index (χ0v) is 17.7. The van der Waals surface area contributed by atoms with E-state index in [4.69, 9.17) is 4.42 Å². The van der Waals surface area contributed by atoms with Gasteiger partial charge < -0.3 is 14.6 Å². The summed E-state index contributed by atoms with van der Waals surface area (Å²) in [4.78, 5) is 33.3. The molecular weight excluding hydrogens is 418 g/mol. The average molecular weight is 438 g/mol. The van der Waals surface area contributed by atoms with E-state index in [0.717, 1.165) is 32.9 Å². The molecule has 1 N–H and O–H groups in total. The first kappa shape index (κ1) is 19.0. The summed E-state index contributed by atoms with van der Waals surface area (Å²) in [6.45, 7) is 1.24. The summed E-state index contributed by atoms with van der Waals surface area (Å²) >= 11 is 3.10. The number of hydrogen-bond acceptors (Lipinski definition) is 6. The number of amides is 2. The van der Waals surface area contributed by atoms with E-state index in [1.54, 1.807) is 17.4 Å². The maximum Gasteiger partial charge on any atom is 0.261 e. The molecule has 1 saturated heterocycles. The zero-order chi connectivity index (χ0) is 20.5. The topological polar surface area (TPSA) is 75.4 Å². The summed E-state index contributed by atoms with van der Waals surface area (Å²) < 4.78 is 6.14. The van der Waals surface area contributed by atoms with E-state index in [-0.39, 0.29) is 17.9 Å². The number of piperidine rings is 1. The second kappa shape index (κ2) is 8.04. The Kier molecular flexibility index (Phi) is 5.10. The molecule has 2 amide bonds. The van der Waals surface area contributed by atoms with Crippen LogP contribution in [-0.4, -0.2) is 40.8 Å². The minimum Gasteiger partial charge on any atom is -0.472 e. The first-order valence-corrected chi connectivity index (χ1v) is 11.4. The molecule has 5 rings (SSSR count). The number of para-hydroxylation sites is 1. The van der Waals surface area contributed by atoms with Crippen LogP contribution in [0.2, 0.25) is 0 Å². The highest BCUT2D eigenvalue weighted by molar-refractivity contribution is 7.26. The molecule has 0 spiro atoms. The second-order valence-corrected chi connectivity index (χ2v) is 9.32. The third-order valence-corrected chi connectivity index (χ3v) is 7.51. The third-order valence-electron chi connectivity index (χ3n) is 5.22. The number of furan rings is 1. The Labute approximate surface area is 181 Å². The second-order valence-electron chi connectivity index (χ2n) is 7.20. The van der Waals surface area contributed by atoms with Crippen LogP contribution in [0.25, 0.3) is 20.1 Å². The maximum atomic E-state index is 12.7. The molecule has 152 valence electrons. The number of nitrogens with one attached hydrogen (secondary N) is 1. The zero-order valence-electron chi connectivity index (χ0n) is 16.0. The van der Waals surface area contributed by atoms with Crippen molar-refractivity contribution < 1.29 is 14.0 Å². The van der Waals surface area contributed by atoms with Gasteiger partial charge in [0.25, 0.3) is 11.8 Å². The number of thiazole rings is 1. The minimum absolute atomic E-state index is 0.0211. The summed E-state index contributed by atoms with van der Waals surface area (Å²) in [5.74, 6) is -0.0840. The maximum absolute atomic E-state index is 12.7. The van der Waals surface area contributed by atoms with Crippen molar-refractivity contribution in [2.45, 2.75) is 18.9 Å². The van der Waals surface area contributed by atoms with Crippen molar-refractivity contribution in [1.29, 1.82) is 0 Å². The first-order valence-electron chi connectivity index (χ1n) is 9.75. The number of carbonyl (C=O) groups excluding carboxylic acids is 2. The van der Waals surface area contributed by atoms with E-state index in [1.807, 2.05) is 35.2 Å². The Morgan fingerprint density at radius 1 is 1.07 bits per heavy atom. The molecule has 4 heterocycles. The quantitative estimate of drug-likeness (QED) is 0.504. The minimum atomic E-state index is -0.0630. The predicted octanol–water partition coefficient (Wildman–Crippen LogP) is 4.65. The summed E-state index contributed by atoms with van der Waals surface area (Å²) in [6, 6.07) is 13.6. The fourth-order valence-electron chi connectivity index (χ4n) is 3.60. The van der Waals surface area contributed by atoms with Crippen LogP contribution in [0.3, 0.4) is 0 Å². The molecule has 0 bridgehead atoms. The molecule has 0 aliphatic carbocycles. The van der Waals surface area contributed by atoms with E-state index in [1.165, 1.54) is 23.9 Å². The number of hydrogen-bond donors (Lipinski definition) is 1. The molecule has 1 fully saturated rings. The SMILES string of the molecule is O=C(NC1CCN(C(=O)c2ccoc2)CC1)c1ccc(-c2nc3ccccc3s2)s1. The molecule has 0 atom stereocenters. The number of benzene rings is 1. The van der Waals surface area contributed by atoms with E-state index >= 15 is 0 Å². The average Bonchev–Trinajstić information content (AvgIpc) is 3.54. The van der Waals surface area contributed by atoms with E-state index < -0.39 is 0 Å². The molecular formula is C22H19N3O3S2. The van der Waals surface area contributed by atoms with Gasteiger partial charge in [-0.2, -0.15) is 0 Å². The van der Waals surface area contributed by atoms with Gasteiger partial charge in [-0.25, -0.2) is 4.98 Å². The molecule has 0 unspecified atom stereocenters. The van der Waals surface area contributed by atoms with Gasteiger partial charge in [-0.3, -0.25) is 9.59 Å². The van der Waals surface area contributed by atoms with Crippen LogP contribution in [-0.2, 0) is 0 Å². The van der Waals surface area contributed by atoms with Crippen LogP contribution < -0.4 is 5.32 Å². The van der Waals surface area contributed by atoms with Gasteiger partial charge >= 0.3 is 0 Å². The Morgan fingerprint density at radius 3 is 2.67 bits per heavy atom. The molecule has 1 aliphatic rings. The number of fused-ring (bicyclic) bond motifs is 1. The molecule has 6 nitrogen and oxygen atoms in total. The molecule has 30 heavy (non-hydrogen) atoms. The van der Waals surface area contributed by atoms with Gasteiger partial charge in [-0.05, 0) is 43.2 Å². The molecule has 4 aromatic rings. The van der Waals surface area contributed by atoms with Gasteiger partial charge in [-0.15, -0.1) is 22.7 Å². The van der Waals surface area contributed by atoms with Crippen molar-refractivity contribution in [2.75, 3.05) is 13.1 Å². The van der Waals surface area contributed by atoms with Crippen molar-refractivity contribution in [2.24, 2.45) is 0 Å². The molecule has 1 aliphatic heterocycles. The molecule has 8 heteroatoms. The Morgan fingerprint density at radius 2 is 1.90 bits per heavy atom. The van der Waals surface area contributed by atoms with Crippen LogP contribution in [0.15, 0.2) is 59.4 Å². The molecule has 0 radical (unpaired) electrons. The highest BCUT2D eigenvalue weighted by Gasteiger charge is 2.25. The molecule has 0 saturated carbocycles. The highest BCUT2D eigenvalue weighted by atomic mass is 32.1. The summed E-state index contributed by atoms with van der Waals surface area (Å²) in [6.07, 6.45) is 4.46. The van der Waals surface area contributed by atoms with Crippen LogP contribution in [0.1, 0.15) is 32.9 Å². The van der Waals surface area contributed by atoms with Crippen LogP contribution >= 0.6 is 22.7 Å². The summed E-state index contributed by atoms with van der Waals surface area (Å²) in [5, 5.41) is 4.06. The van der Waals surface area contributed by atoms with Gasteiger partial charge in [0.1, 0.15) is 11.3 Å². The summed E-state index contributed by atoms with van der Waals surface area (Å²) in [5.41, 5.74) is 1.55. The van der Waals surface area contributed by atoms with Gasteiger partial charge in [0.2, 0.25) is 0 Å². The van der Waals surface area contributed by atoms with Crippen molar-refractivity contribution in [3.05, 3.63) is 65.4 Å². The van der Waals surface area contributed by atoms with Gasteiger partial charge in [0, 0.05) is 19.1 Å². The standard InChI is InChI=1S/C22H19N3O3S2/c26-20(23-15-7-10-25(11-8-15)22(27)14-9-12-28-13-14)18-5-6-19(29-18)21-24-16-3-1-2-4-17(16)30-21/h1-6,9,12-13,15H,7-8,10-11H2,(H,23,26). The Balaban J connectivity index is 1.20. The number of nitrogens with zero attached hydrogens (tertiary/aromatic N) is 2. The number of likely N-dealkylation sites (tertiary alicyclic amines) is 1.